The predicted molar refractivity (Wildman–Crippen MR) is 39.2 cm³/mol. The first-order valence-corrected chi connectivity index (χ1v) is 3.03. The average Bonchev–Trinajstić information content (AvgIpc) is 1.94. The maximum atomic E-state index is 9.89. The maximum absolute atomic E-state index is 9.89. The molecule has 0 bridgehead atoms. The van der Waals surface area contributed by atoms with Crippen LogP contribution in [0.25, 0.3) is 0 Å². The van der Waals surface area contributed by atoms with Crippen molar-refractivity contribution < 1.29 is 4.79 Å². The van der Waals surface area contributed by atoms with E-state index in [4.69, 9.17) is 0 Å². The van der Waals surface area contributed by atoms with E-state index in [0.29, 0.717) is 0 Å². The summed E-state index contributed by atoms with van der Waals surface area (Å²) in [5, 5.41) is 0. The summed E-state index contributed by atoms with van der Waals surface area (Å²) in [5.41, 5.74) is 1.86. The first-order chi connectivity index (χ1) is 4.84. The van der Waals surface area contributed by atoms with Crippen LogP contribution in [0.5, 0.6) is 0 Å². The van der Waals surface area contributed by atoms with Crippen molar-refractivity contribution in [3.05, 3.63) is 41.5 Å². The molecular weight excluding hydrogens is 124 g/mol. The summed E-state index contributed by atoms with van der Waals surface area (Å²) in [6.07, 6.45) is 2.47. The third-order valence-corrected chi connectivity index (χ3v) is 1.33. The predicted octanol–water partition coefficient (Wildman–Crippen LogP) is 1.53. The van der Waals surface area contributed by atoms with Gasteiger partial charge in [0.05, 0.1) is 6.08 Å². The van der Waals surface area contributed by atoms with Crippen molar-refractivity contribution in [3.8, 4) is 0 Å². The minimum absolute atomic E-state index is 0.817. The first kappa shape index (κ1) is 6.79. The molecule has 0 fully saturated rings. The molecule has 1 aromatic rings. The summed E-state index contributed by atoms with van der Waals surface area (Å²) in [7, 11) is 0. The standard InChI is InChI=1S/C9H7O/c1-8-4-2-3-5-9(8)6-7-10/h2-5H,1H3. The van der Waals surface area contributed by atoms with Gasteiger partial charge < -0.3 is 0 Å². The fourth-order valence-electron chi connectivity index (χ4n) is 0.768. The Labute approximate surface area is 60.0 Å². The Morgan fingerprint density at radius 2 is 2.00 bits per heavy atom. The second-order valence-corrected chi connectivity index (χ2v) is 2.04. The zero-order valence-corrected chi connectivity index (χ0v) is 5.72. The number of hydrogen-bond donors (Lipinski definition) is 0. The van der Waals surface area contributed by atoms with Crippen LogP contribution in [0.1, 0.15) is 11.1 Å². The number of rotatable bonds is 1. The minimum atomic E-state index is 0.817. The highest BCUT2D eigenvalue weighted by molar-refractivity contribution is 5.50. The van der Waals surface area contributed by atoms with Crippen LogP contribution < -0.4 is 0 Å². The van der Waals surface area contributed by atoms with Gasteiger partial charge in [0, 0.05) is 0 Å². The van der Waals surface area contributed by atoms with Crippen molar-refractivity contribution in [1.29, 1.82) is 0 Å². The van der Waals surface area contributed by atoms with E-state index in [0.717, 1.165) is 11.1 Å². The zero-order chi connectivity index (χ0) is 7.40. The molecule has 10 heavy (non-hydrogen) atoms. The van der Waals surface area contributed by atoms with Crippen LogP contribution in [0.3, 0.4) is 0 Å². The molecule has 0 saturated carbocycles. The quantitative estimate of drug-likeness (QED) is 0.528. The molecule has 0 spiro atoms. The largest absolute Gasteiger partial charge is 0.233 e. The van der Waals surface area contributed by atoms with E-state index in [2.05, 4.69) is 6.08 Å². The Kier molecular flexibility index (Phi) is 2.03. The Bertz CT molecular complexity index is 270. The van der Waals surface area contributed by atoms with Crippen LogP contribution >= 0.6 is 0 Å². The highest BCUT2D eigenvalue weighted by Gasteiger charge is 1.89. The lowest BCUT2D eigenvalue weighted by molar-refractivity contribution is 0.568. The van der Waals surface area contributed by atoms with Crippen molar-refractivity contribution >= 4 is 5.94 Å². The highest BCUT2D eigenvalue weighted by atomic mass is 16.1. The fraction of sp³-hybridized carbons (Fsp3) is 0.111. The number of hydrogen-bond acceptors (Lipinski definition) is 1. The summed E-state index contributed by atoms with van der Waals surface area (Å²) < 4.78 is 0. The fourth-order valence-corrected chi connectivity index (χ4v) is 0.768. The number of benzene rings is 1. The molecule has 0 aliphatic carbocycles. The van der Waals surface area contributed by atoms with Crippen molar-refractivity contribution in [2.24, 2.45) is 0 Å². The molecule has 1 aromatic carbocycles. The van der Waals surface area contributed by atoms with E-state index in [1.54, 1.807) is 5.94 Å². The lowest BCUT2D eigenvalue weighted by Crippen LogP contribution is -1.79. The third-order valence-electron chi connectivity index (χ3n) is 1.33. The van der Waals surface area contributed by atoms with E-state index in [1.807, 2.05) is 31.2 Å². The average molecular weight is 131 g/mol. The van der Waals surface area contributed by atoms with Gasteiger partial charge in [0.1, 0.15) is 5.94 Å². The van der Waals surface area contributed by atoms with Crippen LogP contribution in [-0.2, 0) is 4.79 Å². The van der Waals surface area contributed by atoms with E-state index >= 15 is 0 Å². The van der Waals surface area contributed by atoms with Crippen LogP contribution in [0.2, 0.25) is 0 Å². The van der Waals surface area contributed by atoms with Gasteiger partial charge >= 0.3 is 0 Å². The molecule has 0 unspecified atom stereocenters. The Morgan fingerprint density at radius 3 is 2.60 bits per heavy atom. The molecular formula is C9H7O. The molecule has 1 heteroatoms. The highest BCUT2D eigenvalue weighted by Crippen LogP contribution is 2.04. The van der Waals surface area contributed by atoms with Crippen LogP contribution in [0, 0.1) is 13.0 Å². The van der Waals surface area contributed by atoms with Crippen molar-refractivity contribution in [1.82, 2.24) is 0 Å². The summed E-state index contributed by atoms with van der Waals surface area (Å²) >= 11 is 0. The van der Waals surface area contributed by atoms with Gasteiger partial charge in [-0.05, 0) is 18.1 Å². The molecule has 49 valence electrons. The van der Waals surface area contributed by atoms with Gasteiger partial charge in [-0.1, -0.05) is 24.3 Å². The molecule has 0 heterocycles. The van der Waals surface area contributed by atoms with Crippen molar-refractivity contribution in [2.45, 2.75) is 6.92 Å². The molecule has 0 atom stereocenters. The van der Waals surface area contributed by atoms with Crippen molar-refractivity contribution in [3.63, 3.8) is 0 Å². The van der Waals surface area contributed by atoms with Gasteiger partial charge in [0.2, 0.25) is 0 Å². The van der Waals surface area contributed by atoms with Gasteiger partial charge in [0.15, 0.2) is 0 Å². The molecule has 1 radical (unpaired) electrons. The second kappa shape index (κ2) is 3.00. The number of carbonyl (C=O) groups excluding carboxylic acids is 1. The summed E-state index contributed by atoms with van der Waals surface area (Å²) in [6.45, 7) is 1.93. The Balaban J connectivity index is 3.14. The van der Waals surface area contributed by atoms with Gasteiger partial charge in [-0.25, -0.2) is 4.79 Å². The molecule has 0 aromatic heterocycles. The summed E-state index contributed by atoms with van der Waals surface area (Å²) in [6, 6.07) is 7.55. The second-order valence-electron chi connectivity index (χ2n) is 2.04. The van der Waals surface area contributed by atoms with Crippen LogP contribution in [-0.4, -0.2) is 5.94 Å². The van der Waals surface area contributed by atoms with Crippen LogP contribution in [0.4, 0.5) is 0 Å². The number of aryl methyl sites for hydroxylation is 1. The zero-order valence-electron chi connectivity index (χ0n) is 5.72. The lowest BCUT2D eigenvalue weighted by atomic mass is 10.1. The lowest BCUT2D eigenvalue weighted by Gasteiger charge is -1.93. The van der Waals surface area contributed by atoms with Gasteiger partial charge in [0.25, 0.3) is 0 Å². The maximum Gasteiger partial charge on any atom is 0.134 e. The van der Waals surface area contributed by atoms with Gasteiger partial charge in [-0.15, -0.1) is 0 Å². The Morgan fingerprint density at radius 1 is 1.30 bits per heavy atom. The monoisotopic (exact) mass is 131 g/mol. The Hall–Kier alpha value is -1.33. The van der Waals surface area contributed by atoms with E-state index in [-0.39, 0.29) is 0 Å². The molecule has 0 aliphatic rings. The molecule has 1 nitrogen and oxygen atoms in total. The summed E-state index contributed by atoms with van der Waals surface area (Å²) in [5.74, 6) is 1.62. The van der Waals surface area contributed by atoms with E-state index in [1.165, 1.54) is 0 Å². The normalized spacial score (nSPS) is 8.50. The minimum Gasteiger partial charge on any atom is -0.233 e. The SMILES string of the molecule is Cc1ccccc1[C]=C=O. The van der Waals surface area contributed by atoms with Crippen molar-refractivity contribution in [2.75, 3.05) is 0 Å². The van der Waals surface area contributed by atoms with Gasteiger partial charge in [-0.2, -0.15) is 0 Å². The molecule has 1 rings (SSSR count). The van der Waals surface area contributed by atoms with Gasteiger partial charge in [-0.3, -0.25) is 0 Å². The van der Waals surface area contributed by atoms with E-state index < -0.39 is 0 Å². The van der Waals surface area contributed by atoms with Crippen LogP contribution in [0.15, 0.2) is 24.3 Å². The molecule has 0 N–H and O–H groups in total. The topological polar surface area (TPSA) is 17.1 Å². The third kappa shape index (κ3) is 1.34. The summed E-state index contributed by atoms with van der Waals surface area (Å²) in [4.78, 5) is 9.89. The molecule has 0 saturated heterocycles. The smallest absolute Gasteiger partial charge is 0.134 e. The first-order valence-electron chi connectivity index (χ1n) is 3.03. The molecule has 0 aliphatic heterocycles. The molecule has 0 amide bonds. The van der Waals surface area contributed by atoms with E-state index in [9.17, 15) is 4.79 Å².